The van der Waals surface area contributed by atoms with Crippen LogP contribution < -0.4 is 0 Å². The van der Waals surface area contributed by atoms with Gasteiger partial charge < -0.3 is 5.11 Å². The maximum Gasteiger partial charge on any atom is 0.0900 e. The van der Waals surface area contributed by atoms with Crippen molar-refractivity contribution in [2.45, 2.75) is 44.6 Å². The summed E-state index contributed by atoms with van der Waals surface area (Å²) < 4.78 is 0. The van der Waals surface area contributed by atoms with Gasteiger partial charge in [0.05, 0.1) is 11.7 Å². The lowest BCUT2D eigenvalue weighted by Gasteiger charge is -2.46. The number of hydrogen-bond acceptors (Lipinski definition) is 3. The van der Waals surface area contributed by atoms with E-state index in [4.69, 9.17) is 5.26 Å². The molecule has 1 fully saturated rings. The van der Waals surface area contributed by atoms with E-state index in [9.17, 15) is 5.11 Å². The third-order valence-electron chi connectivity index (χ3n) is 2.76. The molecule has 0 amide bonds. The van der Waals surface area contributed by atoms with Gasteiger partial charge in [-0.25, -0.2) is 0 Å². The Morgan fingerprint density at radius 1 is 1.43 bits per heavy atom. The molecule has 0 bridgehead atoms. The van der Waals surface area contributed by atoms with Crippen molar-refractivity contribution in [3.05, 3.63) is 0 Å². The molecule has 1 heterocycles. The van der Waals surface area contributed by atoms with Gasteiger partial charge in [0.25, 0.3) is 0 Å². The Labute approximate surface area is 86.3 Å². The lowest BCUT2D eigenvalue weighted by atomic mass is 9.89. The zero-order chi connectivity index (χ0) is 10.4. The molecule has 1 N–H and O–H groups in total. The molecule has 3 nitrogen and oxygen atoms in total. The zero-order valence-electron chi connectivity index (χ0n) is 9.00. The largest absolute Gasteiger partial charge is 0.387 e. The van der Waals surface area contributed by atoms with Gasteiger partial charge in [-0.2, -0.15) is 5.26 Å². The lowest BCUT2D eigenvalue weighted by Crippen LogP contribution is -2.61. The van der Waals surface area contributed by atoms with Gasteiger partial charge in [-0.1, -0.05) is 13.3 Å². The minimum absolute atomic E-state index is 0.399. The first-order valence-electron chi connectivity index (χ1n) is 5.52. The average Bonchev–Trinajstić information content (AvgIpc) is 2.10. The van der Waals surface area contributed by atoms with Gasteiger partial charge in [-0.15, -0.1) is 0 Å². The Kier molecular flexibility index (Phi) is 4.37. The smallest absolute Gasteiger partial charge is 0.0900 e. The minimum atomic E-state index is -0.399. The number of nitriles is 1. The predicted octanol–water partition coefficient (Wildman–Crippen LogP) is 1.53. The van der Waals surface area contributed by atoms with Crippen LogP contribution in [0.3, 0.4) is 0 Å². The van der Waals surface area contributed by atoms with E-state index in [-0.39, 0.29) is 0 Å². The van der Waals surface area contributed by atoms with E-state index < -0.39 is 5.60 Å². The highest BCUT2D eigenvalue weighted by atomic mass is 16.3. The zero-order valence-corrected chi connectivity index (χ0v) is 9.00. The number of nitrogens with zero attached hydrogens (tertiary/aromatic N) is 2. The second kappa shape index (κ2) is 5.33. The normalized spacial score (nSPS) is 20.1. The summed E-state index contributed by atoms with van der Waals surface area (Å²) in [5.74, 6) is 0. The maximum absolute atomic E-state index is 9.89. The molecule has 0 aliphatic carbocycles. The van der Waals surface area contributed by atoms with Crippen molar-refractivity contribution in [3.8, 4) is 6.07 Å². The first-order valence-corrected chi connectivity index (χ1v) is 5.52. The quantitative estimate of drug-likeness (QED) is 0.655. The van der Waals surface area contributed by atoms with Gasteiger partial charge in [-0.05, 0) is 25.8 Å². The Bertz CT molecular complexity index is 204. The molecule has 0 radical (unpaired) electrons. The van der Waals surface area contributed by atoms with E-state index in [0.717, 1.165) is 45.3 Å². The first kappa shape index (κ1) is 11.5. The SMILES string of the molecule is CCCC1(O)CN(CCCCC#N)C1. The van der Waals surface area contributed by atoms with E-state index >= 15 is 0 Å². The monoisotopic (exact) mass is 196 g/mol. The first-order chi connectivity index (χ1) is 6.70. The second-order valence-corrected chi connectivity index (χ2v) is 4.30. The standard InChI is InChI=1S/C11H20N2O/c1-2-6-11(14)9-13(10-11)8-5-3-4-7-12/h14H,2-6,8-10H2,1H3. The second-order valence-electron chi connectivity index (χ2n) is 4.30. The van der Waals surface area contributed by atoms with Crippen LogP contribution in [-0.2, 0) is 0 Å². The molecule has 0 saturated carbocycles. The molecule has 0 aromatic carbocycles. The summed E-state index contributed by atoms with van der Waals surface area (Å²) in [5, 5.41) is 18.2. The maximum atomic E-state index is 9.89. The number of rotatable bonds is 6. The van der Waals surface area contributed by atoms with Crippen LogP contribution in [0.4, 0.5) is 0 Å². The lowest BCUT2D eigenvalue weighted by molar-refractivity contribution is -0.103. The summed E-state index contributed by atoms with van der Waals surface area (Å²) in [6.07, 6.45) is 4.70. The predicted molar refractivity (Wildman–Crippen MR) is 55.8 cm³/mol. The van der Waals surface area contributed by atoms with Crippen molar-refractivity contribution in [2.24, 2.45) is 0 Å². The summed E-state index contributed by atoms with van der Waals surface area (Å²) in [5.41, 5.74) is -0.399. The van der Waals surface area contributed by atoms with Crippen molar-refractivity contribution in [1.82, 2.24) is 4.90 Å². The molecule has 0 atom stereocenters. The molecule has 0 aromatic heterocycles. The van der Waals surface area contributed by atoms with Crippen molar-refractivity contribution in [1.29, 1.82) is 5.26 Å². The molecule has 3 heteroatoms. The van der Waals surface area contributed by atoms with Crippen molar-refractivity contribution < 1.29 is 5.11 Å². The fourth-order valence-electron chi connectivity index (χ4n) is 2.11. The van der Waals surface area contributed by atoms with Crippen molar-refractivity contribution in [3.63, 3.8) is 0 Å². The minimum Gasteiger partial charge on any atom is -0.387 e. The fourth-order valence-corrected chi connectivity index (χ4v) is 2.11. The van der Waals surface area contributed by atoms with Crippen LogP contribution >= 0.6 is 0 Å². The van der Waals surface area contributed by atoms with Crippen LogP contribution in [0.25, 0.3) is 0 Å². The van der Waals surface area contributed by atoms with Crippen molar-refractivity contribution >= 4 is 0 Å². The highest BCUT2D eigenvalue weighted by Crippen LogP contribution is 2.25. The third-order valence-corrected chi connectivity index (χ3v) is 2.76. The van der Waals surface area contributed by atoms with Gasteiger partial charge >= 0.3 is 0 Å². The fraction of sp³-hybridized carbons (Fsp3) is 0.909. The molecule has 0 aromatic rings. The Hall–Kier alpha value is -0.590. The number of unbranched alkanes of at least 4 members (excludes halogenated alkanes) is 2. The highest BCUT2D eigenvalue weighted by molar-refractivity contribution is 4.94. The Balaban J connectivity index is 2.01. The van der Waals surface area contributed by atoms with Crippen LogP contribution in [0.1, 0.15) is 39.0 Å². The van der Waals surface area contributed by atoms with Gasteiger partial charge in [0, 0.05) is 19.5 Å². The van der Waals surface area contributed by atoms with E-state index in [2.05, 4.69) is 17.9 Å². The topological polar surface area (TPSA) is 47.3 Å². The summed E-state index contributed by atoms with van der Waals surface area (Å²) in [7, 11) is 0. The summed E-state index contributed by atoms with van der Waals surface area (Å²) >= 11 is 0. The Morgan fingerprint density at radius 2 is 2.14 bits per heavy atom. The summed E-state index contributed by atoms with van der Waals surface area (Å²) in [6.45, 7) is 4.79. The van der Waals surface area contributed by atoms with E-state index in [1.165, 1.54) is 0 Å². The van der Waals surface area contributed by atoms with Crippen LogP contribution in [-0.4, -0.2) is 35.2 Å². The molecule has 14 heavy (non-hydrogen) atoms. The summed E-state index contributed by atoms with van der Waals surface area (Å²) in [4.78, 5) is 2.27. The molecule has 1 rings (SSSR count). The summed E-state index contributed by atoms with van der Waals surface area (Å²) in [6, 6.07) is 2.15. The van der Waals surface area contributed by atoms with Crippen LogP contribution in [0.2, 0.25) is 0 Å². The van der Waals surface area contributed by atoms with E-state index in [1.54, 1.807) is 0 Å². The van der Waals surface area contributed by atoms with Gasteiger partial charge in [0.15, 0.2) is 0 Å². The molecule has 80 valence electrons. The van der Waals surface area contributed by atoms with E-state index in [1.807, 2.05) is 0 Å². The number of likely N-dealkylation sites (tertiary alicyclic amines) is 1. The molecular weight excluding hydrogens is 176 g/mol. The van der Waals surface area contributed by atoms with Gasteiger partial charge in [0.2, 0.25) is 0 Å². The average molecular weight is 196 g/mol. The molecule has 1 saturated heterocycles. The molecule has 0 unspecified atom stereocenters. The number of aliphatic hydroxyl groups is 1. The van der Waals surface area contributed by atoms with Gasteiger partial charge in [0.1, 0.15) is 0 Å². The third kappa shape index (κ3) is 3.28. The highest BCUT2D eigenvalue weighted by Gasteiger charge is 2.39. The number of β-amino-alcohol motifs (C(OH)–C–C–N with tert-alkyl or cyclic N) is 1. The molecular formula is C11H20N2O. The van der Waals surface area contributed by atoms with Gasteiger partial charge in [-0.3, -0.25) is 4.90 Å². The van der Waals surface area contributed by atoms with Crippen LogP contribution in [0.5, 0.6) is 0 Å². The van der Waals surface area contributed by atoms with E-state index in [0.29, 0.717) is 6.42 Å². The van der Waals surface area contributed by atoms with Crippen LogP contribution in [0.15, 0.2) is 0 Å². The Morgan fingerprint density at radius 3 is 2.71 bits per heavy atom. The van der Waals surface area contributed by atoms with Crippen molar-refractivity contribution in [2.75, 3.05) is 19.6 Å². The molecule has 1 aliphatic heterocycles. The number of hydrogen-bond donors (Lipinski definition) is 1. The van der Waals surface area contributed by atoms with Crippen LogP contribution in [0, 0.1) is 11.3 Å². The molecule has 0 spiro atoms. The molecule has 1 aliphatic rings.